The lowest BCUT2D eigenvalue weighted by Gasteiger charge is -2.20. The van der Waals surface area contributed by atoms with Crippen molar-refractivity contribution in [3.05, 3.63) is 22.8 Å². The summed E-state index contributed by atoms with van der Waals surface area (Å²) in [7, 11) is 0. The van der Waals surface area contributed by atoms with E-state index in [0.29, 0.717) is 27.7 Å². The molecular weight excluding hydrogens is 274 g/mol. The van der Waals surface area contributed by atoms with Gasteiger partial charge in [-0.05, 0) is 37.2 Å². The Morgan fingerprint density at radius 2 is 2.20 bits per heavy atom. The van der Waals surface area contributed by atoms with E-state index in [0.717, 1.165) is 13.1 Å². The number of aromatic nitrogens is 1. The molecule has 1 aliphatic carbocycles. The van der Waals surface area contributed by atoms with Crippen molar-refractivity contribution < 1.29 is 4.79 Å². The molecule has 0 atom stereocenters. The molecule has 1 saturated carbocycles. The van der Waals surface area contributed by atoms with Gasteiger partial charge in [0.1, 0.15) is 5.82 Å². The number of anilines is 1. The van der Waals surface area contributed by atoms with E-state index < -0.39 is 0 Å². The van der Waals surface area contributed by atoms with Crippen molar-refractivity contribution in [2.75, 3.05) is 18.4 Å². The van der Waals surface area contributed by atoms with Crippen LogP contribution in [0.3, 0.4) is 0 Å². The van der Waals surface area contributed by atoms with E-state index in [4.69, 9.17) is 11.6 Å². The van der Waals surface area contributed by atoms with Crippen molar-refractivity contribution in [1.29, 1.82) is 0 Å². The molecule has 1 heterocycles. The van der Waals surface area contributed by atoms with E-state index in [1.165, 1.54) is 19.0 Å². The molecule has 4 nitrogen and oxygen atoms in total. The second kappa shape index (κ2) is 6.00. The number of nitrogens with zero attached hydrogens (tertiary/aromatic N) is 1. The zero-order valence-corrected chi connectivity index (χ0v) is 13.0. The lowest BCUT2D eigenvalue weighted by atomic mass is 9.92. The van der Waals surface area contributed by atoms with Crippen LogP contribution in [0.4, 0.5) is 5.82 Å². The van der Waals surface area contributed by atoms with Gasteiger partial charge in [-0.3, -0.25) is 4.79 Å². The highest BCUT2D eigenvalue weighted by molar-refractivity contribution is 6.33. The molecule has 2 rings (SSSR count). The second-order valence-electron chi connectivity index (χ2n) is 5.78. The number of nitrogens with one attached hydrogen (secondary N) is 2. The number of carbonyl (C=O) groups is 1. The first kappa shape index (κ1) is 15.1. The molecule has 1 aromatic heterocycles. The summed E-state index contributed by atoms with van der Waals surface area (Å²) in [6.45, 7) is 7.88. The first-order chi connectivity index (χ1) is 9.48. The Bertz CT molecular complexity index is 498. The fourth-order valence-electron chi connectivity index (χ4n) is 2.36. The Balaban J connectivity index is 2.03. The van der Waals surface area contributed by atoms with Gasteiger partial charge in [0, 0.05) is 19.3 Å². The van der Waals surface area contributed by atoms with Gasteiger partial charge in [-0.25, -0.2) is 4.98 Å². The molecule has 2 N–H and O–H groups in total. The van der Waals surface area contributed by atoms with Gasteiger partial charge in [-0.15, -0.1) is 0 Å². The van der Waals surface area contributed by atoms with Gasteiger partial charge in [0.25, 0.3) is 5.91 Å². The van der Waals surface area contributed by atoms with Crippen LogP contribution in [0.25, 0.3) is 0 Å². The zero-order chi connectivity index (χ0) is 14.8. The molecule has 20 heavy (non-hydrogen) atoms. The molecular formula is C15H22ClN3O. The molecule has 0 saturated heterocycles. The summed E-state index contributed by atoms with van der Waals surface area (Å²) in [6, 6.07) is 1.70. The van der Waals surface area contributed by atoms with Crippen LogP contribution in [-0.2, 0) is 0 Å². The third-order valence-electron chi connectivity index (χ3n) is 4.18. The summed E-state index contributed by atoms with van der Waals surface area (Å²) in [5.41, 5.74) is 0.775. The quantitative estimate of drug-likeness (QED) is 0.846. The van der Waals surface area contributed by atoms with Gasteiger partial charge in [-0.2, -0.15) is 0 Å². The fourth-order valence-corrected chi connectivity index (χ4v) is 2.55. The third-order valence-corrected chi connectivity index (χ3v) is 4.48. The normalized spacial score (nSPS) is 16.1. The third kappa shape index (κ3) is 3.23. The zero-order valence-electron chi connectivity index (χ0n) is 12.3. The van der Waals surface area contributed by atoms with Gasteiger partial charge < -0.3 is 10.6 Å². The lowest BCUT2D eigenvalue weighted by molar-refractivity contribution is 0.0940. The Kier molecular flexibility index (Phi) is 4.53. The van der Waals surface area contributed by atoms with Crippen molar-refractivity contribution in [1.82, 2.24) is 10.3 Å². The van der Waals surface area contributed by atoms with Crippen LogP contribution in [-0.4, -0.2) is 24.0 Å². The Hall–Kier alpha value is -1.29. The smallest absolute Gasteiger partial charge is 0.253 e. The molecule has 0 spiro atoms. The maximum Gasteiger partial charge on any atom is 0.253 e. The van der Waals surface area contributed by atoms with Crippen LogP contribution < -0.4 is 10.6 Å². The summed E-state index contributed by atoms with van der Waals surface area (Å²) >= 11 is 6.07. The van der Waals surface area contributed by atoms with Crippen LogP contribution in [0.1, 0.15) is 44.0 Å². The number of hydrogen-bond donors (Lipinski definition) is 2. The van der Waals surface area contributed by atoms with E-state index >= 15 is 0 Å². The molecule has 1 aromatic rings. The van der Waals surface area contributed by atoms with Crippen molar-refractivity contribution in [3.63, 3.8) is 0 Å². The molecule has 0 unspecified atom stereocenters. The summed E-state index contributed by atoms with van der Waals surface area (Å²) in [5.74, 6) is 1.14. The highest BCUT2D eigenvalue weighted by Gasteiger charge is 2.45. The maximum atomic E-state index is 12.3. The molecule has 1 fully saturated rings. The number of carbonyl (C=O) groups excluding carboxylic acids is 1. The van der Waals surface area contributed by atoms with Crippen LogP contribution >= 0.6 is 11.6 Å². The van der Waals surface area contributed by atoms with Gasteiger partial charge >= 0.3 is 0 Å². The van der Waals surface area contributed by atoms with E-state index in [2.05, 4.69) is 29.5 Å². The van der Waals surface area contributed by atoms with Gasteiger partial charge in [0.05, 0.1) is 10.6 Å². The number of amides is 1. The molecule has 1 aliphatic rings. The molecule has 0 radical (unpaired) electrons. The lowest BCUT2D eigenvalue weighted by Crippen LogP contribution is -2.32. The fraction of sp³-hybridized carbons (Fsp3) is 0.600. The van der Waals surface area contributed by atoms with Crippen molar-refractivity contribution in [2.45, 2.75) is 33.6 Å². The first-order valence-electron chi connectivity index (χ1n) is 7.16. The van der Waals surface area contributed by atoms with Gasteiger partial charge in [0.15, 0.2) is 0 Å². The summed E-state index contributed by atoms with van der Waals surface area (Å²) in [4.78, 5) is 16.4. The first-order valence-corrected chi connectivity index (χ1v) is 7.54. The molecule has 110 valence electrons. The van der Waals surface area contributed by atoms with Crippen molar-refractivity contribution in [2.24, 2.45) is 11.3 Å². The van der Waals surface area contributed by atoms with Crippen LogP contribution in [0, 0.1) is 11.3 Å². The Morgan fingerprint density at radius 1 is 1.50 bits per heavy atom. The van der Waals surface area contributed by atoms with Gasteiger partial charge in [-0.1, -0.05) is 25.4 Å². The SMILES string of the molecule is CCNc1cc(C(=O)NCC2(C(C)C)CC2)c(Cl)cn1. The van der Waals surface area contributed by atoms with Gasteiger partial charge in [0.2, 0.25) is 0 Å². The molecule has 0 aliphatic heterocycles. The Morgan fingerprint density at radius 3 is 2.75 bits per heavy atom. The molecule has 0 aromatic carbocycles. The van der Waals surface area contributed by atoms with E-state index in [9.17, 15) is 4.79 Å². The Labute approximate surface area is 125 Å². The van der Waals surface area contributed by atoms with E-state index in [1.807, 2.05) is 6.92 Å². The highest BCUT2D eigenvalue weighted by atomic mass is 35.5. The summed E-state index contributed by atoms with van der Waals surface area (Å²) < 4.78 is 0. The predicted octanol–water partition coefficient (Wildman–Crippen LogP) is 3.33. The van der Waals surface area contributed by atoms with Crippen LogP contribution in [0.5, 0.6) is 0 Å². The predicted molar refractivity (Wildman–Crippen MR) is 82.2 cm³/mol. The van der Waals surface area contributed by atoms with E-state index in [-0.39, 0.29) is 5.91 Å². The average Bonchev–Trinajstić information content (AvgIpc) is 3.20. The standard InChI is InChI=1S/C15H22ClN3O/c1-4-17-13-7-11(12(16)8-18-13)14(20)19-9-15(5-6-15)10(2)3/h7-8,10H,4-6,9H2,1-3H3,(H,17,18)(H,19,20). The van der Waals surface area contributed by atoms with E-state index in [1.54, 1.807) is 6.07 Å². The summed E-state index contributed by atoms with van der Waals surface area (Å²) in [5, 5.41) is 6.48. The highest BCUT2D eigenvalue weighted by Crippen LogP contribution is 2.51. The van der Waals surface area contributed by atoms with Crippen LogP contribution in [0.2, 0.25) is 5.02 Å². The maximum absolute atomic E-state index is 12.3. The number of rotatable bonds is 6. The molecule has 5 heteroatoms. The topological polar surface area (TPSA) is 54.0 Å². The number of hydrogen-bond acceptors (Lipinski definition) is 3. The van der Waals surface area contributed by atoms with Crippen molar-refractivity contribution >= 4 is 23.3 Å². The van der Waals surface area contributed by atoms with Crippen LogP contribution in [0.15, 0.2) is 12.3 Å². The monoisotopic (exact) mass is 295 g/mol. The van der Waals surface area contributed by atoms with Crippen molar-refractivity contribution in [3.8, 4) is 0 Å². The average molecular weight is 296 g/mol. The summed E-state index contributed by atoms with van der Waals surface area (Å²) in [6.07, 6.45) is 3.90. The number of pyridine rings is 1. The second-order valence-corrected chi connectivity index (χ2v) is 6.19. The molecule has 1 amide bonds. The number of halogens is 1. The molecule has 0 bridgehead atoms. The minimum atomic E-state index is -0.122. The largest absolute Gasteiger partial charge is 0.370 e. The minimum absolute atomic E-state index is 0.122. The minimum Gasteiger partial charge on any atom is -0.370 e.